The molecular weight excluding hydrogens is 516 g/mol. The Labute approximate surface area is 231 Å². The number of ether oxygens (including phenoxy) is 1. The number of nitrogens with two attached hydrogens (primary N) is 1. The van der Waals surface area contributed by atoms with Crippen molar-refractivity contribution in [1.29, 1.82) is 0 Å². The third-order valence-electron chi connectivity index (χ3n) is 6.00. The number of carbonyl (C=O) groups excluding carboxylic acids is 1. The van der Waals surface area contributed by atoms with Crippen molar-refractivity contribution >= 4 is 38.3 Å². The van der Waals surface area contributed by atoms with Gasteiger partial charge in [0.1, 0.15) is 11.8 Å². The van der Waals surface area contributed by atoms with Crippen LogP contribution in [0.3, 0.4) is 0 Å². The summed E-state index contributed by atoms with van der Waals surface area (Å²) in [5.74, 6) is 0.423. The molecule has 0 saturated carbocycles. The van der Waals surface area contributed by atoms with E-state index in [2.05, 4.69) is 10.0 Å². The zero-order valence-electron chi connectivity index (χ0n) is 23.4. The van der Waals surface area contributed by atoms with Crippen LogP contribution in [0.25, 0.3) is 16.7 Å². The molecule has 4 N–H and O–H groups in total. The van der Waals surface area contributed by atoms with Crippen LogP contribution in [0.1, 0.15) is 63.0 Å². The lowest BCUT2D eigenvalue weighted by Crippen LogP contribution is -2.38. The lowest BCUT2D eigenvalue weighted by molar-refractivity contribution is -0.120. The Bertz CT molecular complexity index is 1400. The van der Waals surface area contributed by atoms with Crippen LogP contribution < -0.4 is 20.5 Å². The summed E-state index contributed by atoms with van der Waals surface area (Å²) in [6, 6.07) is 11.8. The molecular formula is C29H40N4O5S. The molecule has 0 radical (unpaired) electrons. The van der Waals surface area contributed by atoms with Crippen molar-refractivity contribution in [2.24, 2.45) is 5.73 Å². The highest BCUT2D eigenvalue weighted by Crippen LogP contribution is 2.34. The van der Waals surface area contributed by atoms with Crippen LogP contribution in [0.15, 0.2) is 53.0 Å². The Morgan fingerprint density at radius 2 is 1.85 bits per heavy atom. The number of amides is 1. The summed E-state index contributed by atoms with van der Waals surface area (Å²) in [7, 11) is 0.0898. The van der Waals surface area contributed by atoms with Gasteiger partial charge >= 0.3 is 0 Å². The molecule has 3 aromatic rings. The average Bonchev–Trinajstić information content (AvgIpc) is 3.28. The number of rotatable bonds is 14. The van der Waals surface area contributed by atoms with Crippen LogP contribution in [0.4, 0.5) is 5.69 Å². The smallest absolute Gasteiger partial charge is 0.260 e. The van der Waals surface area contributed by atoms with Gasteiger partial charge in [0.25, 0.3) is 5.91 Å². The quantitative estimate of drug-likeness (QED) is 0.253. The summed E-state index contributed by atoms with van der Waals surface area (Å²) >= 11 is 0. The zero-order valence-corrected chi connectivity index (χ0v) is 24.2. The molecule has 3 rings (SSSR count). The fourth-order valence-electron chi connectivity index (χ4n) is 4.18. The number of anilines is 1. The van der Waals surface area contributed by atoms with Crippen molar-refractivity contribution in [3.8, 4) is 5.75 Å². The summed E-state index contributed by atoms with van der Waals surface area (Å²) in [5.41, 5.74) is 9.40. The summed E-state index contributed by atoms with van der Waals surface area (Å²) in [4.78, 5) is 15.5. The van der Waals surface area contributed by atoms with Crippen LogP contribution in [-0.2, 0) is 21.4 Å². The summed E-state index contributed by atoms with van der Waals surface area (Å²) in [6.45, 7) is 6.76. The summed E-state index contributed by atoms with van der Waals surface area (Å²) < 4.78 is 39.5. The molecule has 1 heterocycles. The van der Waals surface area contributed by atoms with Gasteiger partial charge in [0.05, 0.1) is 18.9 Å². The Kier molecular flexibility index (Phi) is 10.4. The molecule has 9 nitrogen and oxygen atoms in total. The highest BCUT2D eigenvalue weighted by Gasteiger charge is 2.27. The Hall–Kier alpha value is -3.50. The first-order chi connectivity index (χ1) is 18.6. The first-order valence-electron chi connectivity index (χ1n) is 13.3. The molecule has 1 atom stereocenters. The molecule has 0 aliphatic heterocycles. The van der Waals surface area contributed by atoms with Gasteiger partial charge in [-0.05, 0) is 75.3 Å². The molecule has 10 heteroatoms. The van der Waals surface area contributed by atoms with Gasteiger partial charge in [-0.3, -0.25) is 9.52 Å². The minimum atomic E-state index is -3.80. The summed E-state index contributed by atoms with van der Waals surface area (Å²) in [5, 5.41) is 3.97. The monoisotopic (exact) mass is 556 g/mol. The fourth-order valence-corrected chi connectivity index (χ4v) is 5.37. The number of nitrogens with zero attached hydrogens (tertiary/aromatic N) is 1. The van der Waals surface area contributed by atoms with Gasteiger partial charge in [-0.1, -0.05) is 38.5 Å². The first kappa shape index (κ1) is 30.0. The van der Waals surface area contributed by atoms with E-state index in [1.54, 1.807) is 6.07 Å². The van der Waals surface area contributed by atoms with Crippen molar-refractivity contribution < 1.29 is 22.4 Å². The largest absolute Gasteiger partial charge is 0.490 e. The second-order valence-corrected chi connectivity index (χ2v) is 11.5. The van der Waals surface area contributed by atoms with Crippen molar-refractivity contribution in [2.45, 2.75) is 52.6 Å². The van der Waals surface area contributed by atoms with Gasteiger partial charge in [0, 0.05) is 16.8 Å². The van der Waals surface area contributed by atoms with Gasteiger partial charge < -0.3 is 25.1 Å². The van der Waals surface area contributed by atoms with Gasteiger partial charge in [-0.25, -0.2) is 8.42 Å². The minimum Gasteiger partial charge on any atom is -0.490 e. The second kappa shape index (κ2) is 13.5. The lowest BCUT2D eigenvalue weighted by Gasteiger charge is -2.21. The number of benzene rings is 2. The second-order valence-electron chi connectivity index (χ2n) is 9.68. The Balaban J connectivity index is 2.05. The van der Waals surface area contributed by atoms with Crippen molar-refractivity contribution in [3.05, 3.63) is 65.4 Å². The number of unbranched alkanes of at least 4 members (excludes halogenated alkanes) is 1. The van der Waals surface area contributed by atoms with E-state index in [1.807, 2.05) is 82.2 Å². The van der Waals surface area contributed by atoms with Crippen molar-refractivity contribution in [2.75, 3.05) is 31.8 Å². The SMILES string of the molecule is CC/C=C(\N)c1ccc(N[C@@H](C(=O)NS(=O)(=O)CCCC)c2cc(OCC)c3oc(CN(C)C)cc3c2)cc1. The molecule has 39 heavy (non-hydrogen) atoms. The Morgan fingerprint density at radius 1 is 1.13 bits per heavy atom. The van der Waals surface area contributed by atoms with Crippen LogP contribution in [0, 0.1) is 0 Å². The van der Waals surface area contributed by atoms with E-state index in [0.717, 1.165) is 23.1 Å². The molecule has 0 bridgehead atoms. The van der Waals surface area contributed by atoms with E-state index in [-0.39, 0.29) is 5.75 Å². The van der Waals surface area contributed by atoms with Gasteiger partial charge in [-0.2, -0.15) is 0 Å². The lowest BCUT2D eigenvalue weighted by atomic mass is 10.0. The third-order valence-corrected chi connectivity index (χ3v) is 7.34. The van der Waals surface area contributed by atoms with E-state index in [4.69, 9.17) is 14.9 Å². The maximum atomic E-state index is 13.5. The number of fused-ring (bicyclic) bond motifs is 1. The number of allylic oxidation sites excluding steroid dienone is 1. The third kappa shape index (κ3) is 8.24. The number of carbonyl (C=O) groups is 1. The fraction of sp³-hybridized carbons (Fsp3) is 0.414. The van der Waals surface area contributed by atoms with Crippen LogP contribution in [-0.4, -0.2) is 45.7 Å². The minimum absolute atomic E-state index is 0.126. The van der Waals surface area contributed by atoms with Gasteiger partial charge in [0.15, 0.2) is 11.3 Å². The molecule has 0 unspecified atom stereocenters. The highest BCUT2D eigenvalue weighted by molar-refractivity contribution is 7.90. The predicted octanol–water partition coefficient (Wildman–Crippen LogP) is 5.00. The number of sulfonamides is 1. The van der Waals surface area contributed by atoms with Crippen molar-refractivity contribution in [1.82, 2.24) is 9.62 Å². The zero-order chi connectivity index (χ0) is 28.6. The number of hydrogen-bond donors (Lipinski definition) is 3. The molecule has 0 spiro atoms. The maximum absolute atomic E-state index is 13.5. The molecule has 1 aromatic heterocycles. The normalized spacial score (nSPS) is 13.0. The molecule has 0 fully saturated rings. The molecule has 1 amide bonds. The first-order valence-corrected chi connectivity index (χ1v) is 14.9. The van der Waals surface area contributed by atoms with Crippen LogP contribution in [0.5, 0.6) is 5.75 Å². The molecule has 0 saturated heterocycles. The van der Waals surface area contributed by atoms with Crippen LogP contribution >= 0.6 is 0 Å². The van der Waals surface area contributed by atoms with E-state index < -0.39 is 22.0 Å². The average molecular weight is 557 g/mol. The van der Waals surface area contributed by atoms with Crippen LogP contribution in [0.2, 0.25) is 0 Å². The number of hydrogen-bond acceptors (Lipinski definition) is 8. The summed E-state index contributed by atoms with van der Waals surface area (Å²) in [6.07, 6.45) is 3.90. The molecule has 212 valence electrons. The van der Waals surface area contributed by atoms with Gasteiger partial charge in [0.2, 0.25) is 10.0 Å². The standard InChI is InChI=1S/C29H40N4O5S/c1-6-9-15-39(35,36)32-29(34)27(31-23-13-11-20(12-14-23)25(30)10-7-2)21-16-22-17-24(19-33(4)5)38-28(22)26(18-21)37-8-3/h10-14,16-18,27,31H,6-9,15,19,30H2,1-5H3,(H,32,34)/b25-10-/t27-/m1/s1. The topological polar surface area (TPSA) is 127 Å². The Morgan fingerprint density at radius 3 is 2.46 bits per heavy atom. The number of furan rings is 1. The van der Waals surface area contributed by atoms with E-state index in [0.29, 0.717) is 54.3 Å². The highest BCUT2D eigenvalue weighted by atomic mass is 32.2. The maximum Gasteiger partial charge on any atom is 0.260 e. The van der Waals surface area contributed by atoms with E-state index >= 15 is 0 Å². The van der Waals surface area contributed by atoms with E-state index in [9.17, 15) is 13.2 Å². The molecule has 0 aliphatic carbocycles. The number of nitrogens with one attached hydrogen (secondary N) is 2. The van der Waals surface area contributed by atoms with E-state index in [1.165, 1.54) is 0 Å². The predicted molar refractivity (Wildman–Crippen MR) is 157 cm³/mol. The molecule has 0 aliphatic rings. The molecule has 2 aromatic carbocycles. The van der Waals surface area contributed by atoms with Gasteiger partial charge in [-0.15, -0.1) is 0 Å². The van der Waals surface area contributed by atoms with Crippen molar-refractivity contribution in [3.63, 3.8) is 0 Å².